The Labute approximate surface area is 60.5 Å². The molecule has 0 saturated heterocycles. The van der Waals surface area contributed by atoms with Crippen LogP contribution in [-0.2, 0) is 0 Å². The van der Waals surface area contributed by atoms with Crippen LogP contribution in [0.4, 0.5) is 0 Å². The molecule has 0 aromatic carbocycles. The molecule has 4 N–H and O–H groups in total. The Morgan fingerprint density at radius 3 is 2.10 bits per heavy atom. The van der Waals surface area contributed by atoms with Crippen LogP contribution in [0.3, 0.4) is 0 Å². The zero-order valence-corrected chi connectivity index (χ0v) is 6.33. The van der Waals surface area contributed by atoms with E-state index in [1.165, 1.54) is 0 Å². The third-order valence-corrected chi connectivity index (χ3v) is 1.22. The first-order chi connectivity index (χ1) is 4.54. The van der Waals surface area contributed by atoms with Crippen molar-refractivity contribution in [3.8, 4) is 0 Å². The van der Waals surface area contributed by atoms with Gasteiger partial charge in [-0.3, -0.25) is 0 Å². The quantitative estimate of drug-likeness (QED) is 0.327. The third-order valence-electron chi connectivity index (χ3n) is 1.22. The Morgan fingerprint density at radius 1 is 1.50 bits per heavy atom. The maximum absolute atomic E-state index is 9.19. The van der Waals surface area contributed by atoms with Gasteiger partial charge in [-0.15, -0.1) is 0 Å². The Morgan fingerprint density at radius 2 is 2.00 bits per heavy atom. The molecule has 0 aliphatic heterocycles. The van der Waals surface area contributed by atoms with Crippen LogP contribution in [0.2, 0.25) is 0 Å². The van der Waals surface area contributed by atoms with Gasteiger partial charge in [0.2, 0.25) is 0 Å². The lowest BCUT2D eigenvalue weighted by Crippen LogP contribution is -2.47. The molecule has 0 aromatic rings. The van der Waals surface area contributed by atoms with Crippen molar-refractivity contribution in [2.45, 2.75) is 26.0 Å². The molecule has 1 atom stereocenters. The first-order valence-corrected chi connectivity index (χ1v) is 3.28. The van der Waals surface area contributed by atoms with Crippen LogP contribution in [-0.4, -0.2) is 27.8 Å². The van der Waals surface area contributed by atoms with Gasteiger partial charge in [-0.05, 0) is 12.3 Å². The second kappa shape index (κ2) is 3.88. The minimum Gasteiger partial charge on any atom is -0.392 e. The first kappa shape index (κ1) is 9.84. The summed E-state index contributed by atoms with van der Waals surface area (Å²) >= 11 is 0. The van der Waals surface area contributed by atoms with Crippen LogP contribution in [0.15, 0.2) is 0 Å². The highest BCUT2D eigenvalue weighted by molar-refractivity contribution is 4.71. The van der Waals surface area contributed by atoms with Gasteiger partial charge >= 0.3 is 0 Å². The van der Waals surface area contributed by atoms with Crippen molar-refractivity contribution in [1.29, 1.82) is 0 Å². The lowest BCUT2D eigenvalue weighted by Gasteiger charge is -2.25. The van der Waals surface area contributed by atoms with Gasteiger partial charge in [-0.2, -0.15) is 5.48 Å². The molecule has 4 nitrogen and oxygen atoms in total. The van der Waals surface area contributed by atoms with Gasteiger partial charge in [0.15, 0.2) is 5.72 Å². The second-order valence-electron chi connectivity index (χ2n) is 2.90. The van der Waals surface area contributed by atoms with Crippen LogP contribution in [0.5, 0.6) is 0 Å². The van der Waals surface area contributed by atoms with Gasteiger partial charge in [-0.25, -0.2) is 0 Å². The van der Waals surface area contributed by atoms with Crippen molar-refractivity contribution in [2.75, 3.05) is 6.61 Å². The summed E-state index contributed by atoms with van der Waals surface area (Å²) < 4.78 is 0. The van der Waals surface area contributed by atoms with E-state index in [9.17, 15) is 5.11 Å². The average Bonchev–Trinajstić information content (AvgIpc) is 1.87. The molecule has 10 heavy (non-hydrogen) atoms. The fourth-order valence-corrected chi connectivity index (χ4v) is 0.821. The van der Waals surface area contributed by atoms with E-state index in [2.05, 4.69) is 0 Å². The Balaban J connectivity index is 3.80. The second-order valence-corrected chi connectivity index (χ2v) is 2.90. The van der Waals surface area contributed by atoms with Gasteiger partial charge < -0.3 is 15.4 Å². The molecule has 0 amide bonds. The van der Waals surface area contributed by atoms with E-state index in [1.807, 2.05) is 13.8 Å². The molecule has 0 aliphatic carbocycles. The molecule has 0 fully saturated rings. The summed E-state index contributed by atoms with van der Waals surface area (Å²) in [6.07, 6.45) is 0.319. The number of hydrogen-bond acceptors (Lipinski definition) is 4. The van der Waals surface area contributed by atoms with Crippen LogP contribution in [0.1, 0.15) is 20.3 Å². The van der Waals surface area contributed by atoms with E-state index in [1.54, 1.807) is 5.48 Å². The molecular weight excluding hydrogens is 134 g/mol. The molecule has 0 aliphatic rings. The van der Waals surface area contributed by atoms with Crippen LogP contribution < -0.4 is 5.48 Å². The van der Waals surface area contributed by atoms with Crippen LogP contribution in [0.25, 0.3) is 0 Å². The van der Waals surface area contributed by atoms with E-state index >= 15 is 0 Å². The zero-order valence-electron chi connectivity index (χ0n) is 6.33. The van der Waals surface area contributed by atoms with Gasteiger partial charge in [0.1, 0.15) is 0 Å². The predicted molar refractivity (Wildman–Crippen MR) is 36.4 cm³/mol. The number of nitrogens with one attached hydrogen (secondary N) is 1. The number of rotatable bonds is 4. The highest BCUT2D eigenvalue weighted by Gasteiger charge is 2.25. The third kappa shape index (κ3) is 3.12. The number of hydrogen-bond donors (Lipinski definition) is 4. The molecule has 4 heteroatoms. The summed E-state index contributed by atoms with van der Waals surface area (Å²) in [6, 6.07) is 0. The highest BCUT2D eigenvalue weighted by Crippen LogP contribution is 2.11. The summed E-state index contributed by atoms with van der Waals surface area (Å²) in [5.74, 6) is 0.219. The van der Waals surface area contributed by atoms with Gasteiger partial charge in [0.25, 0.3) is 0 Å². The molecule has 0 heterocycles. The predicted octanol–water partition coefficient (Wildman–Crippen LogP) is -0.308. The van der Waals surface area contributed by atoms with Gasteiger partial charge in [0, 0.05) is 0 Å². The molecule has 0 bridgehead atoms. The smallest absolute Gasteiger partial charge is 0.160 e. The van der Waals surface area contributed by atoms with E-state index < -0.39 is 12.3 Å². The summed E-state index contributed by atoms with van der Waals surface area (Å²) in [4.78, 5) is 0. The molecule has 0 aromatic heterocycles. The molecule has 62 valence electrons. The topological polar surface area (TPSA) is 72.7 Å². The van der Waals surface area contributed by atoms with E-state index in [0.717, 1.165) is 0 Å². The lowest BCUT2D eigenvalue weighted by molar-refractivity contribution is -0.132. The fraction of sp³-hybridized carbons (Fsp3) is 1.00. The van der Waals surface area contributed by atoms with Crippen LogP contribution >= 0.6 is 0 Å². The zero-order chi connectivity index (χ0) is 8.20. The molecule has 0 spiro atoms. The molecule has 0 radical (unpaired) electrons. The monoisotopic (exact) mass is 149 g/mol. The highest BCUT2D eigenvalue weighted by atomic mass is 16.5. The Hall–Kier alpha value is -0.160. The number of hydroxylamine groups is 1. The fourth-order valence-electron chi connectivity index (χ4n) is 0.821. The van der Waals surface area contributed by atoms with Gasteiger partial charge in [0.05, 0.1) is 6.61 Å². The normalized spacial score (nSPS) is 17.4. The summed E-state index contributed by atoms with van der Waals surface area (Å²) in [6.45, 7) is 3.29. The summed E-state index contributed by atoms with van der Waals surface area (Å²) in [5.41, 5.74) is 0.131. The molecule has 1 unspecified atom stereocenters. The minimum absolute atomic E-state index is 0.219. The maximum atomic E-state index is 9.19. The first-order valence-electron chi connectivity index (χ1n) is 3.28. The van der Waals surface area contributed by atoms with E-state index in [-0.39, 0.29) is 5.92 Å². The molecular formula is C6H15NO3. The number of aliphatic hydroxyl groups excluding tert-OH is 1. The molecule has 0 saturated carbocycles. The Bertz CT molecular complexity index is 91.0. The number of aliphatic hydroxyl groups is 2. The van der Waals surface area contributed by atoms with E-state index in [0.29, 0.717) is 6.42 Å². The Kier molecular flexibility index (Phi) is 3.81. The van der Waals surface area contributed by atoms with Crippen molar-refractivity contribution in [2.24, 2.45) is 5.92 Å². The lowest BCUT2D eigenvalue weighted by atomic mass is 10.0. The maximum Gasteiger partial charge on any atom is 0.160 e. The van der Waals surface area contributed by atoms with Gasteiger partial charge in [-0.1, -0.05) is 13.8 Å². The SMILES string of the molecule is CC(C)CC(O)(CO)NO. The van der Waals surface area contributed by atoms with E-state index in [4.69, 9.17) is 10.3 Å². The van der Waals surface area contributed by atoms with Crippen molar-refractivity contribution in [1.82, 2.24) is 5.48 Å². The largest absolute Gasteiger partial charge is 0.392 e. The molecule has 0 rings (SSSR count). The summed E-state index contributed by atoms with van der Waals surface area (Å²) in [5, 5.41) is 26.1. The van der Waals surface area contributed by atoms with Crippen LogP contribution in [0, 0.1) is 5.92 Å². The van der Waals surface area contributed by atoms with Crippen molar-refractivity contribution in [3.63, 3.8) is 0 Å². The average molecular weight is 149 g/mol. The summed E-state index contributed by atoms with van der Waals surface area (Å²) in [7, 11) is 0. The van der Waals surface area contributed by atoms with Crippen molar-refractivity contribution < 1.29 is 15.4 Å². The van der Waals surface area contributed by atoms with Crippen molar-refractivity contribution >= 4 is 0 Å². The van der Waals surface area contributed by atoms with Crippen molar-refractivity contribution in [3.05, 3.63) is 0 Å². The minimum atomic E-state index is -1.53. The standard InChI is InChI=1S/C6H15NO3/c1-5(2)3-6(9,4-8)7-10/h5,7-10H,3-4H2,1-2H3.